The number of benzene rings is 1. The molecule has 0 saturated heterocycles. The standard InChI is InChI=1S/C19H24FN3O2/c1-11(2)17-15(10-21-13(4)23-17)19(24)22-12(3)18(25-5)14-8-6-7-9-16(14)20/h6-12,18H,1-5H3,(H,22,24)/t12-,18-/m0/s1. The Bertz CT molecular complexity index is 749. The molecule has 0 aliphatic carbocycles. The van der Waals surface area contributed by atoms with Crippen molar-refractivity contribution in [2.24, 2.45) is 0 Å². The third-order valence-electron chi connectivity index (χ3n) is 4.01. The highest BCUT2D eigenvalue weighted by atomic mass is 19.1. The minimum absolute atomic E-state index is 0.0857. The minimum Gasteiger partial charge on any atom is -0.375 e. The smallest absolute Gasteiger partial charge is 0.255 e. The minimum atomic E-state index is -0.598. The number of hydrogen-bond donors (Lipinski definition) is 1. The van der Waals surface area contributed by atoms with Crippen LogP contribution in [0.5, 0.6) is 0 Å². The van der Waals surface area contributed by atoms with Gasteiger partial charge in [-0.15, -0.1) is 0 Å². The second kappa shape index (κ2) is 8.16. The van der Waals surface area contributed by atoms with Crippen molar-refractivity contribution in [1.29, 1.82) is 0 Å². The molecule has 0 bridgehead atoms. The average Bonchev–Trinajstić information content (AvgIpc) is 2.56. The van der Waals surface area contributed by atoms with Crippen molar-refractivity contribution >= 4 is 5.91 Å². The van der Waals surface area contributed by atoms with Crippen molar-refractivity contribution in [3.63, 3.8) is 0 Å². The predicted octanol–water partition coefficient (Wildman–Crippen LogP) is 3.55. The maximum atomic E-state index is 14.0. The lowest BCUT2D eigenvalue weighted by Crippen LogP contribution is -2.38. The van der Waals surface area contributed by atoms with E-state index in [1.807, 2.05) is 13.8 Å². The van der Waals surface area contributed by atoms with Gasteiger partial charge in [0.05, 0.1) is 17.3 Å². The Morgan fingerprint density at radius 3 is 2.52 bits per heavy atom. The molecule has 0 saturated carbocycles. The zero-order chi connectivity index (χ0) is 18.6. The van der Waals surface area contributed by atoms with Gasteiger partial charge in [0.15, 0.2) is 0 Å². The highest BCUT2D eigenvalue weighted by Crippen LogP contribution is 2.24. The Balaban J connectivity index is 2.24. The SMILES string of the molecule is CO[C@H](c1ccccc1F)[C@H](C)NC(=O)c1cnc(C)nc1C(C)C. The van der Waals surface area contributed by atoms with E-state index in [2.05, 4.69) is 15.3 Å². The van der Waals surface area contributed by atoms with Crippen LogP contribution >= 0.6 is 0 Å². The quantitative estimate of drug-likeness (QED) is 0.869. The van der Waals surface area contributed by atoms with Gasteiger partial charge in [-0.25, -0.2) is 14.4 Å². The number of rotatable bonds is 6. The van der Waals surface area contributed by atoms with Crippen molar-refractivity contribution in [1.82, 2.24) is 15.3 Å². The Hall–Kier alpha value is -2.34. The number of nitrogens with zero attached hydrogens (tertiary/aromatic N) is 2. The van der Waals surface area contributed by atoms with E-state index in [0.29, 0.717) is 22.6 Å². The van der Waals surface area contributed by atoms with Crippen molar-refractivity contribution in [3.8, 4) is 0 Å². The number of hydrogen-bond acceptors (Lipinski definition) is 4. The van der Waals surface area contributed by atoms with E-state index in [1.54, 1.807) is 32.0 Å². The van der Waals surface area contributed by atoms with Gasteiger partial charge in [0.1, 0.15) is 17.7 Å². The van der Waals surface area contributed by atoms with Crippen molar-refractivity contribution in [3.05, 3.63) is 58.9 Å². The van der Waals surface area contributed by atoms with Crippen molar-refractivity contribution in [2.75, 3.05) is 7.11 Å². The van der Waals surface area contributed by atoms with Gasteiger partial charge in [-0.05, 0) is 25.8 Å². The molecule has 5 nitrogen and oxygen atoms in total. The summed E-state index contributed by atoms with van der Waals surface area (Å²) < 4.78 is 19.5. The second-order valence-electron chi connectivity index (χ2n) is 6.31. The molecule has 134 valence electrons. The Morgan fingerprint density at radius 2 is 1.92 bits per heavy atom. The molecule has 1 N–H and O–H groups in total. The van der Waals surface area contributed by atoms with Gasteiger partial charge in [-0.3, -0.25) is 4.79 Å². The predicted molar refractivity (Wildman–Crippen MR) is 93.9 cm³/mol. The van der Waals surface area contributed by atoms with Gasteiger partial charge in [0, 0.05) is 18.9 Å². The van der Waals surface area contributed by atoms with Gasteiger partial charge in [-0.2, -0.15) is 0 Å². The third kappa shape index (κ3) is 4.39. The van der Waals surface area contributed by atoms with Crippen molar-refractivity contribution in [2.45, 2.75) is 45.8 Å². The molecule has 0 fully saturated rings. The summed E-state index contributed by atoms with van der Waals surface area (Å²) >= 11 is 0. The summed E-state index contributed by atoms with van der Waals surface area (Å²) in [6, 6.07) is 5.95. The molecule has 0 aliphatic heterocycles. The molecule has 2 aromatic rings. The zero-order valence-corrected chi connectivity index (χ0v) is 15.2. The number of halogens is 1. The van der Waals surface area contributed by atoms with Crippen molar-refractivity contribution < 1.29 is 13.9 Å². The number of methoxy groups -OCH3 is 1. The summed E-state index contributed by atoms with van der Waals surface area (Å²) in [6.45, 7) is 7.51. The van der Waals surface area contributed by atoms with E-state index < -0.39 is 12.1 Å². The Labute approximate surface area is 147 Å². The van der Waals surface area contributed by atoms with Gasteiger partial charge in [-0.1, -0.05) is 32.0 Å². The van der Waals surface area contributed by atoms with E-state index >= 15 is 0 Å². The maximum Gasteiger partial charge on any atom is 0.255 e. The molecular weight excluding hydrogens is 321 g/mol. The zero-order valence-electron chi connectivity index (χ0n) is 15.2. The highest BCUT2D eigenvalue weighted by Gasteiger charge is 2.25. The Kier molecular flexibility index (Phi) is 6.20. The Morgan fingerprint density at radius 1 is 1.24 bits per heavy atom. The summed E-state index contributed by atoms with van der Waals surface area (Å²) in [5, 5.41) is 2.88. The average molecular weight is 345 g/mol. The molecule has 2 rings (SSSR count). The van der Waals surface area contributed by atoms with E-state index in [0.717, 1.165) is 0 Å². The summed E-state index contributed by atoms with van der Waals surface area (Å²) in [7, 11) is 1.49. The molecule has 2 atom stereocenters. The summed E-state index contributed by atoms with van der Waals surface area (Å²) in [5.74, 6) is 0.0450. The van der Waals surface area contributed by atoms with E-state index in [9.17, 15) is 9.18 Å². The summed E-state index contributed by atoms with van der Waals surface area (Å²) in [6.07, 6.45) is 0.934. The van der Waals surface area contributed by atoms with Gasteiger partial charge < -0.3 is 10.1 Å². The van der Waals surface area contributed by atoms with Crippen LogP contribution in [0.3, 0.4) is 0 Å². The first kappa shape index (κ1) is 19.0. The summed E-state index contributed by atoms with van der Waals surface area (Å²) in [4.78, 5) is 21.2. The molecule has 0 spiro atoms. The molecule has 25 heavy (non-hydrogen) atoms. The molecule has 0 radical (unpaired) electrons. The van der Waals surface area contributed by atoms with Crippen LogP contribution < -0.4 is 5.32 Å². The lowest BCUT2D eigenvalue weighted by molar-refractivity contribution is 0.0624. The van der Waals surface area contributed by atoms with Gasteiger partial charge in [0.2, 0.25) is 0 Å². The molecule has 0 aliphatic rings. The van der Waals surface area contributed by atoms with E-state index in [-0.39, 0.29) is 17.6 Å². The fourth-order valence-corrected chi connectivity index (χ4v) is 2.77. The van der Waals surface area contributed by atoms with Crippen LogP contribution in [0.1, 0.15) is 60.2 Å². The normalized spacial score (nSPS) is 13.6. The number of aryl methyl sites for hydroxylation is 1. The van der Waals surface area contributed by atoms with Gasteiger partial charge >= 0.3 is 0 Å². The number of ether oxygens (including phenoxy) is 1. The van der Waals surface area contributed by atoms with Crippen LogP contribution in [0, 0.1) is 12.7 Å². The molecule has 1 heterocycles. The molecule has 1 amide bonds. The lowest BCUT2D eigenvalue weighted by Gasteiger charge is -2.25. The number of aromatic nitrogens is 2. The molecular formula is C19H24FN3O2. The van der Waals surface area contributed by atoms with Gasteiger partial charge in [0.25, 0.3) is 5.91 Å². The molecule has 6 heteroatoms. The van der Waals surface area contributed by atoms with E-state index in [4.69, 9.17) is 4.74 Å². The molecule has 0 unspecified atom stereocenters. The van der Waals surface area contributed by atoms with Crippen LogP contribution in [0.15, 0.2) is 30.5 Å². The second-order valence-corrected chi connectivity index (χ2v) is 6.31. The fourth-order valence-electron chi connectivity index (χ4n) is 2.77. The molecule has 1 aromatic carbocycles. The third-order valence-corrected chi connectivity index (χ3v) is 4.01. The first-order valence-corrected chi connectivity index (χ1v) is 8.26. The van der Waals surface area contributed by atoms with Crippen LogP contribution in [-0.2, 0) is 4.74 Å². The first-order valence-electron chi connectivity index (χ1n) is 8.26. The topological polar surface area (TPSA) is 64.1 Å². The molecule has 1 aromatic heterocycles. The summed E-state index contributed by atoms with van der Waals surface area (Å²) in [5.41, 5.74) is 1.52. The maximum absolute atomic E-state index is 14.0. The van der Waals surface area contributed by atoms with Crippen LogP contribution in [-0.4, -0.2) is 29.0 Å². The fraction of sp³-hybridized carbons (Fsp3) is 0.421. The van der Waals surface area contributed by atoms with Crippen LogP contribution in [0.2, 0.25) is 0 Å². The number of carbonyl (C=O) groups excluding carboxylic acids is 1. The number of amides is 1. The number of nitrogens with one attached hydrogen (secondary N) is 1. The lowest BCUT2D eigenvalue weighted by atomic mass is 10.0. The number of carbonyl (C=O) groups is 1. The van der Waals surface area contributed by atoms with Crippen LogP contribution in [0.4, 0.5) is 4.39 Å². The highest BCUT2D eigenvalue weighted by molar-refractivity contribution is 5.95. The van der Waals surface area contributed by atoms with E-state index in [1.165, 1.54) is 19.4 Å². The largest absolute Gasteiger partial charge is 0.375 e. The monoisotopic (exact) mass is 345 g/mol. The van der Waals surface area contributed by atoms with Crippen LogP contribution in [0.25, 0.3) is 0 Å². The first-order chi connectivity index (χ1) is 11.8.